The zero-order valence-corrected chi connectivity index (χ0v) is 11.8. The van der Waals surface area contributed by atoms with Crippen LogP contribution in [0.25, 0.3) is 0 Å². The van der Waals surface area contributed by atoms with Gasteiger partial charge in [0.25, 0.3) is 0 Å². The first-order valence-electron chi connectivity index (χ1n) is 6.12. The van der Waals surface area contributed by atoms with Crippen LogP contribution in [-0.4, -0.2) is 35.7 Å². The van der Waals surface area contributed by atoms with Crippen LogP contribution < -0.4 is 14.8 Å². The van der Waals surface area contributed by atoms with Crippen LogP contribution in [0.2, 0.25) is 0 Å². The van der Waals surface area contributed by atoms with E-state index in [0.717, 1.165) is 17.2 Å². The number of benzene rings is 1. The highest BCUT2D eigenvalue weighted by atomic mass is 32.1. The second-order valence-electron chi connectivity index (χ2n) is 5.22. The lowest BCUT2D eigenvalue weighted by molar-refractivity contribution is 0.169. The Balaban J connectivity index is 1.73. The van der Waals surface area contributed by atoms with Crippen molar-refractivity contribution in [3.63, 3.8) is 0 Å². The van der Waals surface area contributed by atoms with E-state index in [9.17, 15) is 0 Å². The molecule has 2 aliphatic rings. The molecule has 3 rings (SSSR count). The number of nitrogens with zero attached hydrogens (tertiary/aromatic N) is 1. The molecule has 0 aliphatic carbocycles. The molecule has 19 heavy (non-hydrogen) atoms. The Kier molecular flexibility index (Phi) is 2.99. The number of thiocarbonyl (C=S) groups is 1. The van der Waals surface area contributed by atoms with Gasteiger partial charge in [-0.1, -0.05) is 0 Å². The number of fused-ring (bicyclic) bond motifs is 1. The molecule has 1 aromatic carbocycles. The molecule has 1 N–H and O–H groups in total. The van der Waals surface area contributed by atoms with Crippen molar-refractivity contribution >= 4 is 23.0 Å². The molecule has 102 valence electrons. The SMILES string of the molecule is CC1(C)COCN1C(=S)Nc1ccc2c(c1)OCO2. The summed E-state index contributed by atoms with van der Waals surface area (Å²) in [4.78, 5) is 2.03. The molecule has 1 fully saturated rings. The Bertz CT molecular complexity index is 519. The predicted molar refractivity (Wildman–Crippen MR) is 75.5 cm³/mol. The fourth-order valence-electron chi connectivity index (χ4n) is 2.14. The first kappa shape index (κ1) is 12.5. The van der Waals surface area contributed by atoms with Gasteiger partial charge in [0.15, 0.2) is 16.6 Å². The maximum Gasteiger partial charge on any atom is 0.231 e. The van der Waals surface area contributed by atoms with Crippen LogP contribution in [-0.2, 0) is 4.74 Å². The van der Waals surface area contributed by atoms with Crippen LogP contribution in [0.1, 0.15) is 13.8 Å². The maximum absolute atomic E-state index is 5.46. The topological polar surface area (TPSA) is 43.0 Å². The summed E-state index contributed by atoms with van der Waals surface area (Å²) in [5.74, 6) is 1.51. The third kappa shape index (κ3) is 2.33. The van der Waals surface area contributed by atoms with Gasteiger partial charge in [0.1, 0.15) is 6.73 Å². The molecule has 0 unspecified atom stereocenters. The summed E-state index contributed by atoms with van der Waals surface area (Å²) < 4.78 is 16.1. The highest BCUT2D eigenvalue weighted by molar-refractivity contribution is 7.80. The second-order valence-corrected chi connectivity index (χ2v) is 5.60. The quantitative estimate of drug-likeness (QED) is 0.795. The van der Waals surface area contributed by atoms with Gasteiger partial charge >= 0.3 is 0 Å². The van der Waals surface area contributed by atoms with E-state index in [-0.39, 0.29) is 12.3 Å². The molecule has 0 saturated carbocycles. The van der Waals surface area contributed by atoms with E-state index in [4.69, 9.17) is 26.4 Å². The van der Waals surface area contributed by atoms with Crippen LogP contribution in [0.5, 0.6) is 11.5 Å². The summed E-state index contributed by atoms with van der Waals surface area (Å²) >= 11 is 5.44. The normalized spacial score (nSPS) is 19.6. The summed E-state index contributed by atoms with van der Waals surface area (Å²) in [5, 5.41) is 3.87. The average Bonchev–Trinajstić information content (AvgIpc) is 2.94. The molecule has 2 heterocycles. The number of ether oxygens (including phenoxy) is 3. The largest absolute Gasteiger partial charge is 0.454 e. The van der Waals surface area contributed by atoms with Gasteiger partial charge in [-0.3, -0.25) is 0 Å². The van der Waals surface area contributed by atoms with E-state index in [1.54, 1.807) is 0 Å². The van der Waals surface area contributed by atoms with E-state index < -0.39 is 0 Å². The molecule has 0 aromatic heterocycles. The first-order chi connectivity index (χ1) is 9.06. The van der Waals surface area contributed by atoms with Crippen molar-refractivity contribution in [1.82, 2.24) is 4.90 Å². The minimum atomic E-state index is -0.0829. The number of hydrogen-bond donors (Lipinski definition) is 1. The zero-order chi connectivity index (χ0) is 13.5. The van der Waals surface area contributed by atoms with Gasteiger partial charge in [-0.25, -0.2) is 0 Å². The molecule has 0 amide bonds. The zero-order valence-electron chi connectivity index (χ0n) is 10.9. The number of nitrogens with one attached hydrogen (secondary N) is 1. The smallest absolute Gasteiger partial charge is 0.231 e. The van der Waals surface area contributed by atoms with E-state index in [0.29, 0.717) is 18.5 Å². The van der Waals surface area contributed by atoms with Crippen molar-refractivity contribution in [2.24, 2.45) is 0 Å². The van der Waals surface area contributed by atoms with E-state index in [2.05, 4.69) is 19.2 Å². The molecular weight excluding hydrogens is 264 g/mol. The van der Waals surface area contributed by atoms with Crippen LogP contribution in [0.3, 0.4) is 0 Å². The number of rotatable bonds is 1. The standard InChI is InChI=1S/C13H16N2O3S/c1-13(2)6-16-7-15(13)12(19)14-9-3-4-10-11(5-9)18-8-17-10/h3-5H,6-8H2,1-2H3,(H,14,19). The Morgan fingerprint density at radius 3 is 2.84 bits per heavy atom. The van der Waals surface area contributed by atoms with Crippen LogP contribution >= 0.6 is 12.2 Å². The van der Waals surface area contributed by atoms with Crippen molar-refractivity contribution < 1.29 is 14.2 Å². The summed E-state index contributed by atoms with van der Waals surface area (Å²) in [6, 6.07) is 5.68. The Hall–Kier alpha value is -1.53. The van der Waals surface area contributed by atoms with Gasteiger partial charge in [-0.2, -0.15) is 0 Å². The van der Waals surface area contributed by atoms with Crippen LogP contribution in [0, 0.1) is 0 Å². The van der Waals surface area contributed by atoms with Crippen LogP contribution in [0.15, 0.2) is 18.2 Å². The fraction of sp³-hybridized carbons (Fsp3) is 0.462. The van der Waals surface area contributed by atoms with Gasteiger partial charge in [0.05, 0.1) is 12.1 Å². The van der Waals surface area contributed by atoms with Gasteiger partial charge < -0.3 is 24.4 Å². The fourth-order valence-corrected chi connectivity index (χ4v) is 2.56. The lowest BCUT2D eigenvalue weighted by Gasteiger charge is -2.31. The Labute approximate surface area is 117 Å². The second kappa shape index (κ2) is 4.54. The van der Waals surface area contributed by atoms with Gasteiger partial charge in [-0.15, -0.1) is 0 Å². The van der Waals surface area contributed by atoms with E-state index in [1.165, 1.54) is 0 Å². The molecular formula is C13H16N2O3S. The lowest BCUT2D eigenvalue weighted by Crippen LogP contribution is -2.46. The molecule has 0 spiro atoms. The summed E-state index contributed by atoms with van der Waals surface area (Å²) in [7, 11) is 0. The molecule has 1 aromatic rings. The minimum absolute atomic E-state index is 0.0829. The van der Waals surface area contributed by atoms with Crippen molar-refractivity contribution in [2.45, 2.75) is 19.4 Å². The van der Waals surface area contributed by atoms with Gasteiger partial charge in [-0.05, 0) is 38.2 Å². The Morgan fingerprint density at radius 2 is 2.11 bits per heavy atom. The monoisotopic (exact) mass is 280 g/mol. The third-order valence-corrected chi connectivity index (χ3v) is 3.60. The van der Waals surface area contributed by atoms with E-state index in [1.807, 2.05) is 23.1 Å². The van der Waals surface area contributed by atoms with Gasteiger partial charge in [0.2, 0.25) is 6.79 Å². The van der Waals surface area contributed by atoms with Crippen LogP contribution in [0.4, 0.5) is 5.69 Å². The molecule has 2 aliphatic heterocycles. The summed E-state index contributed by atoms with van der Waals surface area (Å²) in [5.41, 5.74) is 0.803. The number of hydrogen-bond acceptors (Lipinski definition) is 4. The van der Waals surface area contributed by atoms with Gasteiger partial charge in [0, 0.05) is 11.8 Å². The maximum atomic E-state index is 5.46. The molecule has 0 bridgehead atoms. The minimum Gasteiger partial charge on any atom is -0.454 e. The Morgan fingerprint density at radius 1 is 1.32 bits per heavy atom. The molecule has 0 radical (unpaired) electrons. The molecule has 1 saturated heterocycles. The molecule has 5 nitrogen and oxygen atoms in total. The number of anilines is 1. The molecule has 6 heteroatoms. The first-order valence-corrected chi connectivity index (χ1v) is 6.53. The third-order valence-electron chi connectivity index (χ3n) is 3.28. The lowest BCUT2D eigenvalue weighted by atomic mass is 10.1. The molecule has 0 atom stereocenters. The highest BCUT2D eigenvalue weighted by Gasteiger charge is 2.34. The van der Waals surface area contributed by atoms with E-state index >= 15 is 0 Å². The average molecular weight is 280 g/mol. The summed E-state index contributed by atoms with van der Waals surface area (Å²) in [6.45, 7) is 5.68. The van der Waals surface area contributed by atoms with Crippen molar-refractivity contribution in [3.05, 3.63) is 18.2 Å². The van der Waals surface area contributed by atoms with Crippen molar-refractivity contribution in [2.75, 3.05) is 25.4 Å². The van der Waals surface area contributed by atoms with Crippen molar-refractivity contribution in [3.8, 4) is 11.5 Å². The predicted octanol–water partition coefficient (Wildman–Crippen LogP) is 2.18. The highest BCUT2D eigenvalue weighted by Crippen LogP contribution is 2.34. The summed E-state index contributed by atoms with van der Waals surface area (Å²) in [6.07, 6.45) is 0. The van der Waals surface area contributed by atoms with Crippen molar-refractivity contribution in [1.29, 1.82) is 0 Å².